The first-order valence-electron chi connectivity index (χ1n) is 6.75. The average molecular weight is 349 g/mol. The van der Waals surface area contributed by atoms with Gasteiger partial charge in [-0.3, -0.25) is 0 Å². The molecule has 0 heterocycles. The molecule has 0 unspecified atom stereocenters. The summed E-state index contributed by atoms with van der Waals surface area (Å²) < 4.78 is 18.1. The van der Waals surface area contributed by atoms with Gasteiger partial charge in [-0.25, -0.2) is 0 Å². The third kappa shape index (κ3) is 7.88. The van der Waals surface area contributed by atoms with Gasteiger partial charge in [-0.15, -0.1) is 0 Å². The van der Waals surface area contributed by atoms with Crippen molar-refractivity contribution in [3.05, 3.63) is 28.7 Å². The summed E-state index contributed by atoms with van der Waals surface area (Å²) in [7, 11) is -1.29. The molecule has 1 aromatic carbocycles. The van der Waals surface area contributed by atoms with Crippen LogP contribution in [0, 0.1) is 0 Å². The Balaban J connectivity index is 2.44. The summed E-state index contributed by atoms with van der Waals surface area (Å²) in [5.74, 6) is 0.780. The van der Waals surface area contributed by atoms with Gasteiger partial charge in [0.15, 0.2) is 0 Å². The van der Waals surface area contributed by atoms with Gasteiger partial charge in [-0.1, -0.05) is 42.6 Å². The number of unbranched alkanes of at least 4 members (excludes halogenated alkanes) is 2. The number of halogens is 1. The van der Waals surface area contributed by atoms with Gasteiger partial charge in [0.25, 0.3) is 0 Å². The third-order valence-electron chi connectivity index (χ3n) is 2.38. The van der Waals surface area contributed by atoms with E-state index in [9.17, 15) is 0 Å². The normalized spacial score (nSPS) is 10.9. The zero-order chi connectivity index (χ0) is 13.9. The van der Waals surface area contributed by atoms with E-state index in [1.807, 2.05) is 24.3 Å². The van der Waals surface area contributed by atoms with Crippen LogP contribution in [0.2, 0.25) is 0 Å². The molecule has 0 atom stereocenters. The Bertz CT molecular complexity index is 322. The molecule has 0 aliphatic rings. The van der Waals surface area contributed by atoms with Crippen LogP contribution in [-0.4, -0.2) is 13.2 Å². The smallest absolute Gasteiger partial charge is 0.397 e. The van der Waals surface area contributed by atoms with Crippen molar-refractivity contribution in [2.45, 2.75) is 39.5 Å². The fourth-order valence-corrected chi connectivity index (χ4v) is 2.53. The lowest BCUT2D eigenvalue weighted by molar-refractivity contribution is 0.201. The summed E-state index contributed by atoms with van der Waals surface area (Å²) in [6.07, 6.45) is 4.27. The Morgan fingerprint density at radius 1 is 0.947 bits per heavy atom. The number of benzene rings is 1. The minimum absolute atomic E-state index is 0.685. The average Bonchev–Trinajstić information content (AvgIpc) is 2.41. The monoisotopic (exact) mass is 348 g/mol. The molecule has 0 fully saturated rings. The Morgan fingerprint density at radius 3 is 1.95 bits per heavy atom. The van der Waals surface area contributed by atoms with Gasteiger partial charge in [0.05, 0.1) is 13.2 Å². The van der Waals surface area contributed by atoms with Gasteiger partial charge in [-0.05, 0) is 37.1 Å². The third-order valence-corrected chi connectivity index (χ3v) is 4.06. The molecule has 0 aliphatic heterocycles. The molecule has 0 bridgehead atoms. The quantitative estimate of drug-likeness (QED) is 0.401. The van der Waals surface area contributed by atoms with Gasteiger partial charge in [-0.2, -0.15) is 0 Å². The molecule has 0 saturated carbocycles. The van der Waals surface area contributed by atoms with E-state index in [-0.39, 0.29) is 0 Å². The van der Waals surface area contributed by atoms with Crippen LogP contribution in [0.4, 0.5) is 0 Å². The molecule has 0 saturated heterocycles. The second kappa shape index (κ2) is 10.6. The van der Waals surface area contributed by atoms with Gasteiger partial charge < -0.3 is 13.6 Å². The van der Waals surface area contributed by atoms with E-state index < -0.39 is 8.60 Å². The van der Waals surface area contributed by atoms with Crippen LogP contribution in [-0.2, 0) is 9.05 Å². The first-order valence-corrected chi connectivity index (χ1v) is 8.64. The van der Waals surface area contributed by atoms with Crippen LogP contribution in [0.1, 0.15) is 39.5 Å². The fourth-order valence-electron chi connectivity index (χ4n) is 1.24. The topological polar surface area (TPSA) is 27.7 Å². The molecule has 0 aliphatic carbocycles. The van der Waals surface area contributed by atoms with Gasteiger partial charge in [0.2, 0.25) is 0 Å². The zero-order valence-corrected chi connectivity index (χ0v) is 14.1. The van der Waals surface area contributed by atoms with Crippen LogP contribution in [0.3, 0.4) is 0 Å². The molecule has 0 radical (unpaired) electrons. The van der Waals surface area contributed by atoms with Crippen molar-refractivity contribution >= 4 is 24.5 Å². The largest absolute Gasteiger partial charge is 0.427 e. The summed E-state index contributed by atoms with van der Waals surface area (Å²) in [6.45, 7) is 5.65. The Labute approximate surface area is 125 Å². The molecule has 0 aromatic heterocycles. The first-order chi connectivity index (χ1) is 9.26. The van der Waals surface area contributed by atoms with Crippen molar-refractivity contribution in [2.75, 3.05) is 13.2 Å². The Hall–Kier alpha value is -0.150. The molecule has 0 N–H and O–H groups in total. The lowest BCUT2D eigenvalue weighted by Crippen LogP contribution is -2.00. The van der Waals surface area contributed by atoms with Crippen LogP contribution in [0.15, 0.2) is 28.7 Å². The minimum atomic E-state index is -1.29. The van der Waals surface area contributed by atoms with E-state index in [1.165, 1.54) is 0 Å². The molecule has 0 spiro atoms. The second-order valence-corrected chi connectivity index (χ2v) is 6.20. The van der Waals surface area contributed by atoms with Crippen molar-refractivity contribution in [2.24, 2.45) is 0 Å². The number of hydrogen-bond acceptors (Lipinski definition) is 3. The van der Waals surface area contributed by atoms with Crippen molar-refractivity contribution in [1.82, 2.24) is 0 Å². The SMILES string of the molecule is CCCCOP(OCCCC)Oc1ccc(Br)cc1. The van der Waals surface area contributed by atoms with E-state index in [0.717, 1.165) is 35.9 Å². The van der Waals surface area contributed by atoms with Crippen molar-refractivity contribution < 1.29 is 13.6 Å². The first kappa shape index (κ1) is 16.9. The second-order valence-electron chi connectivity index (χ2n) is 4.14. The van der Waals surface area contributed by atoms with Crippen LogP contribution in [0.5, 0.6) is 5.75 Å². The van der Waals surface area contributed by atoms with Gasteiger partial charge in [0.1, 0.15) is 5.75 Å². The van der Waals surface area contributed by atoms with Crippen LogP contribution < -0.4 is 4.52 Å². The highest BCUT2D eigenvalue weighted by Gasteiger charge is 2.14. The summed E-state index contributed by atoms with van der Waals surface area (Å²) >= 11 is 3.40. The highest BCUT2D eigenvalue weighted by atomic mass is 79.9. The highest BCUT2D eigenvalue weighted by Crippen LogP contribution is 2.41. The van der Waals surface area contributed by atoms with Gasteiger partial charge in [0, 0.05) is 4.47 Å². The lowest BCUT2D eigenvalue weighted by Gasteiger charge is -2.17. The standard InChI is InChI=1S/C14H22BrO3P/c1-3-5-11-16-19(17-12-6-4-2)18-14-9-7-13(15)8-10-14/h7-10H,3-6,11-12H2,1-2H3. The maximum absolute atomic E-state index is 5.76. The van der Waals surface area contributed by atoms with Crippen LogP contribution >= 0.6 is 24.5 Å². The molecule has 1 aromatic rings. The fraction of sp³-hybridized carbons (Fsp3) is 0.571. The van der Waals surface area contributed by atoms with Crippen molar-refractivity contribution in [1.29, 1.82) is 0 Å². The summed E-state index contributed by atoms with van der Waals surface area (Å²) in [4.78, 5) is 0. The summed E-state index contributed by atoms with van der Waals surface area (Å²) in [6, 6.07) is 7.71. The predicted molar refractivity (Wildman–Crippen MR) is 83.4 cm³/mol. The van der Waals surface area contributed by atoms with Crippen LogP contribution in [0.25, 0.3) is 0 Å². The minimum Gasteiger partial charge on any atom is -0.427 e. The lowest BCUT2D eigenvalue weighted by atomic mass is 10.3. The zero-order valence-electron chi connectivity index (χ0n) is 11.6. The molecular weight excluding hydrogens is 327 g/mol. The maximum atomic E-state index is 5.76. The maximum Gasteiger partial charge on any atom is 0.397 e. The molecule has 108 valence electrons. The van der Waals surface area contributed by atoms with Crippen molar-refractivity contribution in [3.63, 3.8) is 0 Å². The number of hydrogen-bond donors (Lipinski definition) is 0. The van der Waals surface area contributed by atoms with Crippen molar-refractivity contribution in [3.8, 4) is 5.75 Å². The van der Waals surface area contributed by atoms with E-state index in [2.05, 4.69) is 29.8 Å². The summed E-state index contributed by atoms with van der Waals surface area (Å²) in [5.41, 5.74) is 0. The molecule has 19 heavy (non-hydrogen) atoms. The molecule has 1 rings (SSSR count). The predicted octanol–water partition coefficient (Wildman–Crippen LogP) is 5.69. The Morgan fingerprint density at radius 2 is 1.47 bits per heavy atom. The summed E-state index contributed by atoms with van der Waals surface area (Å²) in [5, 5.41) is 0. The van der Waals surface area contributed by atoms with E-state index in [0.29, 0.717) is 13.2 Å². The Kier molecular flexibility index (Phi) is 9.44. The number of rotatable bonds is 10. The molecular formula is C14H22BrO3P. The van der Waals surface area contributed by atoms with Gasteiger partial charge >= 0.3 is 8.60 Å². The molecule has 3 nitrogen and oxygen atoms in total. The highest BCUT2D eigenvalue weighted by molar-refractivity contribution is 9.10. The molecule has 5 heteroatoms. The van der Waals surface area contributed by atoms with E-state index >= 15 is 0 Å². The van der Waals surface area contributed by atoms with E-state index in [4.69, 9.17) is 13.6 Å². The van der Waals surface area contributed by atoms with E-state index in [1.54, 1.807) is 0 Å². The molecule has 0 amide bonds.